The summed E-state index contributed by atoms with van der Waals surface area (Å²) < 4.78 is 0. The lowest BCUT2D eigenvalue weighted by Crippen LogP contribution is -2.68. The fourth-order valence-electron chi connectivity index (χ4n) is 3.41. The average molecular weight is 317 g/mol. The minimum atomic E-state index is -1.09. The maximum absolute atomic E-state index is 12.9. The molecule has 22 heavy (non-hydrogen) atoms. The third kappa shape index (κ3) is 2.01. The Bertz CT molecular complexity index is 688. The van der Waals surface area contributed by atoms with Gasteiger partial charge in [-0.3, -0.25) is 14.5 Å². The van der Waals surface area contributed by atoms with E-state index in [2.05, 4.69) is 11.4 Å². The van der Waals surface area contributed by atoms with Crippen LogP contribution in [-0.4, -0.2) is 42.0 Å². The minimum absolute atomic E-state index is 0.192. The lowest BCUT2D eigenvalue weighted by molar-refractivity contribution is -0.149. The molecule has 0 aliphatic carbocycles. The van der Waals surface area contributed by atoms with E-state index in [1.54, 1.807) is 0 Å². The van der Waals surface area contributed by atoms with Crippen molar-refractivity contribution in [2.45, 2.75) is 20.3 Å². The maximum Gasteiger partial charge on any atom is 0.246 e. The van der Waals surface area contributed by atoms with Gasteiger partial charge in [0.15, 0.2) is 5.11 Å². The molecular formula is C16H19N3O2S. The van der Waals surface area contributed by atoms with Gasteiger partial charge in [0.25, 0.3) is 0 Å². The number of benzene rings is 1. The summed E-state index contributed by atoms with van der Waals surface area (Å²) in [6, 6.07) is 6.14. The summed E-state index contributed by atoms with van der Waals surface area (Å²) in [5, 5.41) is 2.92. The monoisotopic (exact) mass is 317 g/mol. The number of aryl methyl sites for hydroxylation is 1. The van der Waals surface area contributed by atoms with Crippen LogP contribution in [-0.2, 0) is 16.0 Å². The van der Waals surface area contributed by atoms with Gasteiger partial charge in [0.2, 0.25) is 11.8 Å². The van der Waals surface area contributed by atoms with Crippen molar-refractivity contribution < 1.29 is 9.59 Å². The standard InChI is InChI=1S/C16H19N3O2S/c1-4-19-14(21)16(13(20)17-15(19)22)8-11-7-10(2)5-6-12(11)18(3)9-16/h5-7H,4,8-9H2,1-3H3,(H,17,20,22). The van der Waals surface area contributed by atoms with Crippen LogP contribution < -0.4 is 10.2 Å². The van der Waals surface area contributed by atoms with Gasteiger partial charge >= 0.3 is 0 Å². The minimum Gasteiger partial charge on any atom is -0.373 e. The molecule has 0 saturated carbocycles. The summed E-state index contributed by atoms with van der Waals surface area (Å²) in [6.45, 7) is 4.70. The molecule has 1 saturated heterocycles. The van der Waals surface area contributed by atoms with Crippen LogP contribution in [0.5, 0.6) is 0 Å². The van der Waals surface area contributed by atoms with Crippen LogP contribution in [0.3, 0.4) is 0 Å². The Labute approximate surface area is 135 Å². The van der Waals surface area contributed by atoms with Crippen LogP contribution in [0.15, 0.2) is 18.2 Å². The Kier molecular flexibility index (Phi) is 3.44. The van der Waals surface area contributed by atoms with Crippen molar-refractivity contribution in [2.24, 2.45) is 5.41 Å². The normalized spacial score (nSPS) is 24.6. The highest BCUT2D eigenvalue weighted by Crippen LogP contribution is 2.39. The number of hydrogen-bond donors (Lipinski definition) is 1. The van der Waals surface area contributed by atoms with E-state index in [1.807, 2.05) is 37.9 Å². The lowest BCUT2D eigenvalue weighted by atomic mass is 9.74. The van der Waals surface area contributed by atoms with Crippen molar-refractivity contribution in [3.8, 4) is 0 Å². The zero-order valence-corrected chi connectivity index (χ0v) is 13.8. The van der Waals surface area contributed by atoms with Gasteiger partial charge in [0.05, 0.1) is 0 Å². The molecule has 1 atom stereocenters. The first-order valence-corrected chi connectivity index (χ1v) is 7.78. The largest absolute Gasteiger partial charge is 0.373 e. The molecular weight excluding hydrogens is 298 g/mol. The van der Waals surface area contributed by atoms with Crippen LogP contribution >= 0.6 is 12.2 Å². The molecule has 3 rings (SSSR count). The van der Waals surface area contributed by atoms with Crippen molar-refractivity contribution in [1.82, 2.24) is 10.2 Å². The predicted molar refractivity (Wildman–Crippen MR) is 88.7 cm³/mol. The summed E-state index contributed by atoms with van der Waals surface area (Å²) in [4.78, 5) is 29.0. The van der Waals surface area contributed by atoms with E-state index in [0.717, 1.165) is 16.8 Å². The summed E-state index contributed by atoms with van der Waals surface area (Å²) in [6.07, 6.45) is 0.415. The van der Waals surface area contributed by atoms with Crippen LogP contribution in [0.25, 0.3) is 0 Å². The number of fused-ring (bicyclic) bond motifs is 1. The number of rotatable bonds is 1. The second-order valence-corrected chi connectivity index (χ2v) is 6.44. The van der Waals surface area contributed by atoms with Crippen LogP contribution in [0.2, 0.25) is 0 Å². The van der Waals surface area contributed by atoms with Gasteiger partial charge < -0.3 is 10.2 Å². The molecule has 1 aromatic carbocycles. The number of thiocarbonyl (C=S) groups is 1. The van der Waals surface area contributed by atoms with Crippen LogP contribution in [0.4, 0.5) is 5.69 Å². The Hall–Kier alpha value is -1.95. The zero-order chi connectivity index (χ0) is 16.1. The van der Waals surface area contributed by atoms with Gasteiger partial charge in [-0.2, -0.15) is 0 Å². The third-order valence-electron chi connectivity index (χ3n) is 4.52. The number of hydrogen-bond acceptors (Lipinski definition) is 4. The van der Waals surface area contributed by atoms with Gasteiger partial charge in [-0.1, -0.05) is 17.7 Å². The van der Waals surface area contributed by atoms with E-state index in [4.69, 9.17) is 12.2 Å². The highest BCUT2D eigenvalue weighted by Gasteiger charge is 2.54. The molecule has 1 unspecified atom stereocenters. The number of nitrogens with zero attached hydrogens (tertiary/aromatic N) is 2. The number of carbonyl (C=O) groups is 2. The van der Waals surface area contributed by atoms with Crippen LogP contribution in [0.1, 0.15) is 18.1 Å². The molecule has 2 heterocycles. The van der Waals surface area contributed by atoms with Gasteiger partial charge in [-0.25, -0.2) is 0 Å². The Morgan fingerprint density at radius 3 is 2.77 bits per heavy atom. The van der Waals surface area contributed by atoms with Crippen molar-refractivity contribution >= 4 is 34.8 Å². The SMILES string of the molecule is CCN1C(=O)C2(Cc3cc(C)ccc3N(C)C2)C(=O)NC1=S. The molecule has 1 aromatic rings. The molecule has 2 aliphatic heterocycles. The quantitative estimate of drug-likeness (QED) is 0.625. The third-order valence-corrected chi connectivity index (χ3v) is 4.84. The first-order chi connectivity index (χ1) is 10.4. The zero-order valence-electron chi connectivity index (χ0n) is 13.0. The molecule has 1 spiro atoms. The fourth-order valence-corrected chi connectivity index (χ4v) is 3.72. The molecule has 1 N–H and O–H groups in total. The van der Waals surface area contributed by atoms with Gasteiger partial charge in [0, 0.05) is 25.8 Å². The number of nitrogens with one attached hydrogen (secondary N) is 1. The van der Waals surface area contributed by atoms with Gasteiger partial charge in [-0.15, -0.1) is 0 Å². The highest BCUT2D eigenvalue weighted by molar-refractivity contribution is 7.80. The molecule has 6 heteroatoms. The maximum atomic E-state index is 12.9. The summed E-state index contributed by atoms with van der Waals surface area (Å²) in [7, 11) is 1.92. The Morgan fingerprint density at radius 2 is 2.09 bits per heavy atom. The molecule has 5 nitrogen and oxygen atoms in total. The molecule has 2 amide bonds. The second-order valence-electron chi connectivity index (χ2n) is 6.06. The van der Waals surface area contributed by atoms with E-state index in [1.165, 1.54) is 4.90 Å². The van der Waals surface area contributed by atoms with E-state index < -0.39 is 5.41 Å². The van der Waals surface area contributed by atoms with Gasteiger partial charge in [0.1, 0.15) is 5.41 Å². The van der Waals surface area contributed by atoms with Crippen LogP contribution in [0, 0.1) is 12.3 Å². The van der Waals surface area contributed by atoms with E-state index >= 15 is 0 Å². The summed E-state index contributed by atoms with van der Waals surface area (Å²) in [5.74, 6) is -0.478. The molecule has 1 fully saturated rings. The molecule has 0 aromatic heterocycles. The summed E-state index contributed by atoms with van der Waals surface area (Å²) in [5.41, 5.74) is 2.14. The highest BCUT2D eigenvalue weighted by atomic mass is 32.1. The molecule has 2 aliphatic rings. The fraction of sp³-hybridized carbons (Fsp3) is 0.438. The van der Waals surface area contributed by atoms with Crippen molar-refractivity contribution in [1.29, 1.82) is 0 Å². The average Bonchev–Trinajstić information content (AvgIpc) is 2.45. The van der Waals surface area contributed by atoms with Gasteiger partial charge in [-0.05, 0) is 44.1 Å². The Morgan fingerprint density at radius 1 is 1.36 bits per heavy atom. The van der Waals surface area contributed by atoms with Crippen molar-refractivity contribution in [3.05, 3.63) is 29.3 Å². The smallest absolute Gasteiger partial charge is 0.246 e. The molecule has 0 radical (unpaired) electrons. The topological polar surface area (TPSA) is 52.7 Å². The van der Waals surface area contributed by atoms with Crippen molar-refractivity contribution in [3.63, 3.8) is 0 Å². The van der Waals surface area contributed by atoms with E-state index in [-0.39, 0.29) is 16.9 Å². The van der Waals surface area contributed by atoms with E-state index in [0.29, 0.717) is 19.5 Å². The Balaban J connectivity index is 2.08. The number of carbonyl (C=O) groups excluding carboxylic acids is 2. The van der Waals surface area contributed by atoms with Crippen molar-refractivity contribution in [2.75, 3.05) is 25.0 Å². The number of anilines is 1. The first kappa shape index (κ1) is 15.0. The molecule has 116 valence electrons. The first-order valence-electron chi connectivity index (χ1n) is 7.37. The number of amides is 2. The lowest BCUT2D eigenvalue weighted by Gasteiger charge is -2.46. The second kappa shape index (κ2) is 5.05. The summed E-state index contributed by atoms with van der Waals surface area (Å²) >= 11 is 5.12. The molecule has 0 bridgehead atoms. The predicted octanol–water partition coefficient (Wildman–Crippen LogP) is 1.24. The van der Waals surface area contributed by atoms with E-state index in [9.17, 15) is 9.59 Å².